The molecule has 0 aliphatic carbocycles. The highest BCUT2D eigenvalue weighted by Crippen LogP contribution is 2.21. The summed E-state index contributed by atoms with van der Waals surface area (Å²) >= 11 is 0.938. The molecule has 6 nitrogen and oxygen atoms in total. The lowest BCUT2D eigenvalue weighted by atomic mass is 10.6. The molecule has 14 heavy (non-hydrogen) atoms. The summed E-state index contributed by atoms with van der Waals surface area (Å²) in [6, 6.07) is 0. The van der Waals surface area contributed by atoms with Crippen LogP contribution in [0.1, 0.15) is 0 Å². The molecule has 0 saturated carbocycles. The fourth-order valence-corrected chi connectivity index (χ4v) is 1.48. The lowest BCUT2D eigenvalue weighted by Crippen LogP contribution is -2.11. The van der Waals surface area contributed by atoms with Gasteiger partial charge in [0, 0.05) is 0 Å². The highest BCUT2D eigenvalue weighted by molar-refractivity contribution is 8.00. The van der Waals surface area contributed by atoms with Crippen LogP contribution in [0, 0.1) is 0 Å². The maximum Gasteiger partial charge on any atom is 0.313 e. The third kappa shape index (κ3) is 2.49. The molecule has 1 aromatic heterocycles. The molecule has 0 unspecified atom stereocenters. The van der Waals surface area contributed by atoms with Gasteiger partial charge in [-0.3, -0.25) is 9.59 Å². The first-order chi connectivity index (χ1) is 6.65. The minimum absolute atomic E-state index is 0.0405. The monoisotopic (exact) mass is 216 g/mol. The number of ether oxygens (including phenoxy) is 1. The Morgan fingerprint density at radius 1 is 1.79 bits per heavy atom. The number of aliphatic carboxylic acids is 1. The van der Waals surface area contributed by atoms with Crippen LogP contribution in [0.3, 0.4) is 0 Å². The van der Waals surface area contributed by atoms with Crippen molar-refractivity contribution in [2.45, 2.75) is 5.03 Å². The van der Waals surface area contributed by atoms with Crippen LogP contribution in [0.5, 0.6) is 5.75 Å². The van der Waals surface area contributed by atoms with Crippen molar-refractivity contribution in [3.63, 3.8) is 0 Å². The minimum Gasteiger partial charge on any atom is -0.489 e. The molecular weight excluding hydrogens is 208 g/mol. The molecule has 1 aromatic rings. The van der Waals surface area contributed by atoms with Gasteiger partial charge in [0.2, 0.25) is 5.75 Å². The Kier molecular flexibility index (Phi) is 3.52. The van der Waals surface area contributed by atoms with Crippen molar-refractivity contribution < 1.29 is 14.6 Å². The summed E-state index contributed by atoms with van der Waals surface area (Å²) in [5.74, 6) is -1.09. The number of aromatic amines is 1. The van der Waals surface area contributed by atoms with E-state index in [9.17, 15) is 9.59 Å². The van der Waals surface area contributed by atoms with E-state index in [0.717, 1.165) is 11.8 Å². The number of carboxylic acid groups (broad SMARTS) is 1. The van der Waals surface area contributed by atoms with Crippen LogP contribution < -0.4 is 10.3 Å². The summed E-state index contributed by atoms with van der Waals surface area (Å²) in [6.45, 7) is 0. The third-order valence-electron chi connectivity index (χ3n) is 1.31. The summed E-state index contributed by atoms with van der Waals surface area (Å²) < 4.78 is 4.79. The second kappa shape index (κ2) is 4.66. The van der Waals surface area contributed by atoms with E-state index in [2.05, 4.69) is 9.97 Å². The summed E-state index contributed by atoms with van der Waals surface area (Å²) in [5, 5.41) is 8.71. The highest BCUT2D eigenvalue weighted by Gasteiger charge is 2.10. The van der Waals surface area contributed by atoms with Crippen molar-refractivity contribution in [3.8, 4) is 5.75 Å². The summed E-state index contributed by atoms with van der Waals surface area (Å²) in [6.07, 6.45) is 1.20. The first-order valence-electron chi connectivity index (χ1n) is 3.61. The number of rotatable bonds is 4. The van der Waals surface area contributed by atoms with Gasteiger partial charge < -0.3 is 14.8 Å². The molecule has 1 rings (SSSR count). The predicted molar refractivity (Wildman–Crippen MR) is 49.8 cm³/mol. The van der Waals surface area contributed by atoms with E-state index >= 15 is 0 Å². The molecule has 76 valence electrons. The van der Waals surface area contributed by atoms with E-state index < -0.39 is 11.5 Å². The zero-order valence-corrected chi connectivity index (χ0v) is 8.13. The van der Waals surface area contributed by atoms with Crippen LogP contribution in [-0.4, -0.2) is 33.9 Å². The quantitative estimate of drug-likeness (QED) is 0.541. The van der Waals surface area contributed by atoms with Crippen molar-refractivity contribution in [2.75, 3.05) is 12.9 Å². The van der Waals surface area contributed by atoms with E-state index in [0.29, 0.717) is 0 Å². The fraction of sp³-hybridized carbons (Fsp3) is 0.286. The van der Waals surface area contributed by atoms with Crippen molar-refractivity contribution in [1.82, 2.24) is 9.97 Å². The van der Waals surface area contributed by atoms with Gasteiger partial charge in [-0.1, -0.05) is 11.8 Å². The van der Waals surface area contributed by atoms with Crippen LogP contribution in [0.25, 0.3) is 0 Å². The second-order valence-corrected chi connectivity index (χ2v) is 3.22. The molecule has 7 heteroatoms. The van der Waals surface area contributed by atoms with Gasteiger partial charge >= 0.3 is 5.97 Å². The zero-order valence-electron chi connectivity index (χ0n) is 7.31. The highest BCUT2D eigenvalue weighted by atomic mass is 32.2. The minimum atomic E-state index is -0.973. The third-order valence-corrected chi connectivity index (χ3v) is 2.27. The SMILES string of the molecule is COc1c(SCC(=O)O)nc[nH]c1=O. The predicted octanol–water partition coefficient (Wildman–Crippen LogP) is -0.0448. The van der Waals surface area contributed by atoms with Gasteiger partial charge in [0.15, 0.2) is 0 Å². The number of methoxy groups -OCH3 is 1. The van der Waals surface area contributed by atoms with E-state index in [1.807, 2.05) is 0 Å². The molecule has 0 fully saturated rings. The molecular formula is C7H8N2O4S. The molecule has 1 heterocycles. The largest absolute Gasteiger partial charge is 0.489 e. The van der Waals surface area contributed by atoms with Crippen molar-refractivity contribution in [1.29, 1.82) is 0 Å². The molecule has 0 bridgehead atoms. The number of carbonyl (C=O) groups is 1. The van der Waals surface area contributed by atoms with Crippen LogP contribution in [0.2, 0.25) is 0 Å². The van der Waals surface area contributed by atoms with E-state index in [-0.39, 0.29) is 16.5 Å². The topological polar surface area (TPSA) is 92.3 Å². The Morgan fingerprint density at radius 3 is 3.07 bits per heavy atom. The van der Waals surface area contributed by atoms with Gasteiger partial charge in [0.05, 0.1) is 19.2 Å². The number of nitrogens with zero attached hydrogens (tertiary/aromatic N) is 1. The molecule has 0 amide bonds. The van der Waals surface area contributed by atoms with Gasteiger partial charge in [-0.25, -0.2) is 4.98 Å². The Bertz CT molecular complexity index is 390. The van der Waals surface area contributed by atoms with Crippen LogP contribution in [-0.2, 0) is 4.79 Å². The Hall–Kier alpha value is -1.50. The van der Waals surface area contributed by atoms with Gasteiger partial charge in [0.1, 0.15) is 5.03 Å². The molecule has 0 radical (unpaired) electrons. The first-order valence-corrected chi connectivity index (χ1v) is 4.60. The second-order valence-electron chi connectivity index (χ2n) is 2.25. The summed E-state index contributed by atoms with van der Waals surface area (Å²) in [7, 11) is 1.33. The Morgan fingerprint density at radius 2 is 2.50 bits per heavy atom. The van der Waals surface area contributed by atoms with Gasteiger partial charge in [0.25, 0.3) is 5.56 Å². The summed E-state index contributed by atoms with van der Waals surface area (Å²) in [4.78, 5) is 27.5. The number of hydrogen-bond donors (Lipinski definition) is 2. The van der Waals surface area contributed by atoms with Crippen LogP contribution in [0.15, 0.2) is 16.1 Å². The van der Waals surface area contributed by atoms with Crippen LogP contribution in [0.4, 0.5) is 0 Å². The van der Waals surface area contributed by atoms with Gasteiger partial charge in [-0.2, -0.15) is 0 Å². The van der Waals surface area contributed by atoms with Gasteiger partial charge in [-0.15, -0.1) is 0 Å². The Labute approximate surface area is 83.3 Å². The molecule has 2 N–H and O–H groups in total. The number of aromatic nitrogens is 2. The molecule has 0 aliphatic heterocycles. The lowest BCUT2D eigenvalue weighted by molar-refractivity contribution is -0.133. The van der Waals surface area contributed by atoms with Crippen molar-refractivity contribution in [3.05, 3.63) is 16.7 Å². The van der Waals surface area contributed by atoms with E-state index in [1.165, 1.54) is 13.4 Å². The molecule has 0 aliphatic rings. The number of hydrogen-bond acceptors (Lipinski definition) is 5. The molecule has 0 aromatic carbocycles. The smallest absolute Gasteiger partial charge is 0.313 e. The normalized spacial score (nSPS) is 9.79. The van der Waals surface area contributed by atoms with E-state index in [1.54, 1.807) is 0 Å². The number of carboxylic acids is 1. The standard InChI is InChI=1S/C7H8N2O4S/c1-13-5-6(12)8-3-9-7(5)14-2-4(10)11/h3H,2H2,1H3,(H,10,11)(H,8,9,12). The first kappa shape index (κ1) is 10.6. The van der Waals surface area contributed by atoms with Crippen LogP contribution >= 0.6 is 11.8 Å². The molecule has 0 saturated heterocycles. The summed E-state index contributed by atoms with van der Waals surface area (Å²) in [5.41, 5.74) is -0.421. The fourth-order valence-electron chi connectivity index (χ4n) is 0.784. The van der Waals surface area contributed by atoms with Crippen molar-refractivity contribution in [2.24, 2.45) is 0 Å². The average Bonchev–Trinajstić information content (AvgIpc) is 2.14. The maximum absolute atomic E-state index is 11.1. The molecule has 0 atom stereocenters. The Balaban J connectivity index is 2.90. The number of nitrogens with one attached hydrogen (secondary N) is 1. The average molecular weight is 216 g/mol. The maximum atomic E-state index is 11.1. The van der Waals surface area contributed by atoms with Gasteiger partial charge in [-0.05, 0) is 0 Å². The molecule has 0 spiro atoms. The number of H-pyrrole nitrogens is 1. The van der Waals surface area contributed by atoms with Crippen molar-refractivity contribution >= 4 is 17.7 Å². The number of thioether (sulfide) groups is 1. The van der Waals surface area contributed by atoms with E-state index in [4.69, 9.17) is 9.84 Å². The zero-order chi connectivity index (χ0) is 10.6. The lowest BCUT2D eigenvalue weighted by Gasteiger charge is -2.02.